The number of carboxylic acids is 1. The minimum absolute atomic E-state index is 0.150. The predicted molar refractivity (Wildman–Crippen MR) is 70.5 cm³/mol. The molecule has 0 fully saturated rings. The van der Waals surface area contributed by atoms with Crippen molar-refractivity contribution in [2.75, 3.05) is 12.0 Å². The van der Waals surface area contributed by atoms with Crippen LogP contribution in [0.5, 0.6) is 0 Å². The number of carbonyl (C=O) groups is 2. The van der Waals surface area contributed by atoms with Gasteiger partial charge in [-0.25, -0.2) is 4.79 Å². The number of carboxylic acid groups (broad SMARTS) is 1. The van der Waals surface area contributed by atoms with Crippen molar-refractivity contribution in [3.05, 3.63) is 30.1 Å². The summed E-state index contributed by atoms with van der Waals surface area (Å²) in [6, 6.07) is 2.71. The molecule has 0 saturated heterocycles. The normalized spacial score (nSPS) is 11.8. The van der Waals surface area contributed by atoms with Gasteiger partial charge in [-0.1, -0.05) is 6.07 Å². The van der Waals surface area contributed by atoms with Gasteiger partial charge in [-0.3, -0.25) is 9.78 Å². The van der Waals surface area contributed by atoms with Crippen molar-refractivity contribution in [1.82, 2.24) is 10.3 Å². The van der Waals surface area contributed by atoms with Crippen LogP contribution >= 0.6 is 11.8 Å². The van der Waals surface area contributed by atoms with E-state index in [1.165, 1.54) is 0 Å². The second-order valence-electron chi connectivity index (χ2n) is 3.78. The first kappa shape index (κ1) is 14.5. The first-order valence-corrected chi connectivity index (χ1v) is 6.93. The van der Waals surface area contributed by atoms with Crippen molar-refractivity contribution in [3.63, 3.8) is 0 Å². The zero-order valence-corrected chi connectivity index (χ0v) is 10.9. The molecule has 0 saturated carbocycles. The summed E-state index contributed by atoms with van der Waals surface area (Å²) < 4.78 is 0. The molecule has 0 bridgehead atoms. The summed E-state index contributed by atoms with van der Waals surface area (Å²) in [5.74, 6) is -0.593. The van der Waals surface area contributed by atoms with Crippen LogP contribution in [0.4, 0.5) is 0 Å². The molecular weight excluding hydrogens is 252 g/mol. The summed E-state index contributed by atoms with van der Waals surface area (Å²) in [5, 5.41) is 11.5. The second-order valence-corrected chi connectivity index (χ2v) is 4.76. The number of aliphatic carboxylic acids is 1. The minimum Gasteiger partial charge on any atom is -0.480 e. The first-order valence-electron chi connectivity index (χ1n) is 5.53. The van der Waals surface area contributed by atoms with Gasteiger partial charge in [0, 0.05) is 12.4 Å². The number of pyridine rings is 1. The molecule has 18 heavy (non-hydrogen) atoms. The first-order chi connectivity index (χ1) is 8.63. The van der Waals surface area contributed by atoms with E-state index in [-0.39, 0.29) is 12.3 Å². The number of carbonyl (C=O) groups excluding carboxylic acids is 1. The summed E-state index contributed by atoms with van der Waals surface area (Å²) in [6.07, 6.45) is 5.69. The van der Waals surface area contributed by atoms with Crippen LogP contribution in [0.15, 0.2) is 24.5 Å². The topological polar surface area (TPSA) is 79.3 Å². The number of nitrogens with zero attached hydrogens (tertiary/aromatic N) is 1. The lowest BCUT2D eigenvalue weighted by Crippen LogP contribution is -2.41. The molecule has 6 heteroatoms. The Labute approximate surface area is 110 Å². The Kier molecular flexibility index (Phi) is 6.21. The number of amides is 1. The van der Waals surface area contributed by atoms with E-state index in [1.54, 1.807) is 36.3 Å². The van der Waals surface area contributed by atoms with Crippen LogP contribution in [0.2, 0.25) is 0 Å². The maximum Gasteiger partial charge on any atom is 0.326 e. The van der Waals surface area contributed by atoms with E-state index >= 15 is 0 Å². The van der Waals surface area contributed by atoms with Crippen molar-refractivity contribution in [2.45, 2.75) is 18.9 Å². The van der Waals surface area contributed by atoms with Crippen molar-refractivity contribution in [3.8, 4) is 0 Å². The second kappa shape index (κ2) is 7.71. The fraction of sp³-hybridized carbons (Fsp3) is 0.417. The fourth-order valence-electron chi connectivity index (χ4n) is 1.43. The van der Waals surface area contributed by atoms with Gasteiger partial charge in [0.15, 0.2) is 0 Å². The summed E-state index contributed by atoms with van der Waals surface area (Å²) >= 11 is 1.55. The van der Waals surface area contributed by atoms with Crippen LogP contribution in [-0.2, 0) is 16.0 Å². The van der Waals surface area contributed by atoms with Gasteiger partial charge in [0.05, 0.1) is 6.42 Å². The van der Waals surface area contributed by atoms with E-state index in [2.05, 4.69) is 10.3 Å². The summed E-state index contributed by atoms with van der Waals surface area (Å²) in [4.78, 5) is 26.5. The third-order valence-corrected chi connectivity index (χ3v) is 2.98. The van der Waals surface area contributed by atoms with Crippen LogP contribution in [0.3, 0.4) is 0 Å². The maximum absolute atomic E-state index is 11.7. The Balaban J connectivity index is 2.48. The van der Waals surface area contributed by atoms with Crippen molar-refractivity contribution >= 4 is 23.6 Å². The lowest BCUT2D eigenvalue weighted by Gasteiger charge is -2.13. The Morgan fingerprint density at radius 1 is 1.56 bits per heavy atom. The number of aromatic nitrogens is 1. The zero-order valence-electron chi connectivity index (χ0n) is 10.1. The lowest BCUT2D eigenvalue weighted by atomic mass is 10.1. The Morgan fingerprint density at radius 2 is 2.33 bits per heavy atom. The van der Waals surface area contributed by atoms with Crippen LogP contribution < -0.4 is 5.32 Å². The Morgan fingerprint density at radius 3 is 2.89 bits per heavy atom. The molecule has 0 aliphatic heterocycles. The molecule has 0 aliphatic carbocycles. The third-order valence-electron chi connectivity index (χ3n) is 2.33. The smallest absolute Gasteiger partial charge is 0.326 e. The Bertz CT molecular complexity index is 398. The molecule has 1 unspecified atom stereocenters. The molecule has 98 valence electrons. The van der Waals surface area contributed by atoms with E-state index < -0.39 is 12.0 Å². The molecule has 1 rings (SSSR count). The molecule has 2 N–H and O–H groups in total. The van der Waals surface area contributed by atoms with Crippen LogP contribution in [0, 0.1) is 0 Å². The minimum atomic E-state index is -0.997. The quantitative estimate of drug-likeness (QED) is 0.769. The van der Waals surface area contributed by atoms with E-state index in [1.807, 2.05) is 6.26 Å². The van der Waals surface area contributed by atoms with Gasteiger partial charge in [-0.05, 0) is 30.1 Å². The average Bonchev–Trinajstić information content (AvgIpc) is 2.35. The van der Waals surface area contributed by atoms with Gasteiger partial charge in [-0.15, -0.1) is 0 Å². The molecule has 1 aromatic rings. The van der Waals surface area contributed by atoms with Gasteiger partial charge in [-0.2, -0.15) is 11.8 Å². The molecule has 0 spiro atoms. The molecule has 0 aromatic carbocycles. The van der Waals surface area contributed by atoms with E-state index in [0.29, 0.717) is 12.2 Å². The SMILES string of the molecule is CSCCC(NC(=O)Cc1cccnc1)C(=O)O. The highest BCUT2D eigenvalue weighted by Gasteiger charge is 2.19. The van der Waals surface area contributed by atoms with Crippen LogP contribution in [0.1, 0.15) is 12.0 Å². The third kappa shape index (κ3) is 5.18. The largest absolute Gasteiger partial charge is 0.480 e. The number of rotatable bonds is 7. The molecule has 5 nitrogen and oxygen atoms in total. The van der Waals surface area contributed by atoms with Crippen LogP contribution in [0.25, 0.3) is 0 Å². The standard InChI is InChI=1S/C12H16N2O3S/c1-18-6-4-10(12(16)17)14-11(15)7-9-3-2-5-13-8-9/h2-3,5,8,10H,4,6-7H2,1H3,(H,14,15)(H,16,17). The summed E-state index contributed by atoms with van der Waals surface area (Å²) in [7, 11) is 0. The fourth-order valence-corrected chi connectivity index (χ4v) is 1.90. The van der Waals surface area contributed by atoms with Crippen molar-refractivity contribution < 1.29 is 14.7 Å². The van der Waals surface area contributed by atoms with Gasteiger partial charge < -0.3 is 10.4 Å². The van der Waals surface area contributed by atoms with Crippen molar-refractivity contribution in [1.29, 1.82) is 0 Å². The average molecular weight is 268 g/mol. The van der Waals surface area contributed by atoms with E-state index in [4.69, 9.17) is 5.11 Å². The lowest BCUT2D eigenvalue weighted by molar-refractivity contribution is -0.141. The monoisotopic (exact) mass is 268 g/mol. The highest BCUT2D eigenvalue weighted by Crippen LogP contribution is 2.02. The molecule has 1 heterocycles. The summed E-state index contributed by atoms with van der Waals surface area (Å²) in [5.41, 5.74) is 0.768. The van der Waals surface area contributed by atoms with E-state index in [0.717, 1.165) is 5.56 Å². The highest BCUT2D eigenvalue weighted by molar-refractivity contribution is 7.98. The number of nitrogens with one attached hydrogen (secondary N) is 1. The Hall–Kier alpha value is -1.56. The summed E-state index contributed by atoms with van der Waals surface area (Å²) in [6.45, 7) is 0. The number of thioether (sulfide) groups is 1. The zero-order chi connectivity index (χ0) is 13.4. The molecule has 0 aliphatic rings. The van der Waals surface area contributed by atoms with Gasteiger partial charge in [0.25, 0.3) is 0 Å². The van der Waals surface area contributed by atoms with Gasteiger partial charge in [0.2, 0.25) is 5.91 Å². The molecule has 1 atom stereocenters. The van der Waals surface area contributed by atoms with E-state index in [9.17, 15) is 9.59 Å². The van der Waals surface area contributed by atoms with Crippen molar-refractivity contribution in [2.24, 2.45) is 0 Å². The molecular formula is C12H16N2O3S. The molecule has 0 radical (unpaired) electrons. The van der Waals surface area contributed by atoms with Crippen LogP contribution in [-0.4, -0.2) is 40.0 Å². The molecule has 1 amide bonds. The molecule has 1 aromatic heterocycles. The highest BCUT2D eigenvalue weighted by atomic mass is 32.2. The maximum atomic E-state index is 11.7. The van der Waals surface area contributed by atoms with Gasteiger partial charge >= 0.3 is 5.97 Å². The number of hydrogen-bond donors (Lipinski definition) is 2. The predicted octanol–water partition coefficient (Wildman–Crippen LogP) is 0.947. The number of hydrogen-bond acceptors (Lipinski definition) is 4. The van der Waals surface area contributed by atoms with Gasteiger partial charge in [0.1, 0.15) is 6.04 Å².